The number of benzene rings is 1. The fraction of sp³-hybridized carbons (Fsp3) is 0.476. The van der Waals surface area contributed by atoms with E-state index in [4.69, 9.17) is 15.2 Å². The number of fused-ring (bicyclic) bond motifs is 3. The van der Waals surface area contributed by atoms with E-state index < -0.39 is 30.2 Å². The summed E-state index contributed by atoms with van der Waals surface area (Å²) in [4.78, 5) is 28.2. The molecule has 2 aliphatic rings. The number of hydrogen-bond acceptors (Lipinski definition) is 6. The minimum Gasteiger partial charge on any atom is -0.491 e. The Labute approximate surface area is 183 Å². The fourth-order valence-corrected chi connectivity index (χ4v) is 3.72. The van der Waals surface area contributed by atoms with E-state index in [0.29, 0.717) is 41.8 Å². The predicted octanol–water partition coefficient (Wildman–Crippen LogP) is 2.08. The van der Waals surface area contributed by atoms with Gasteiger partial charge in [0.05, 0.1) is 25.3 Å². The Morgan fingerprint density at radius 2 is 2.12 bits per heavy atom. The van der Waals surface area contributed by atoms with E-state index in [-0.39, 0.29) is 25.6 Å². The minimum atomic E-state index is -2.59. The van der Waals surface area contributed by atoms with Gasteiger partial charge in [0.15, 0.2) is 5.82 Å². The van der Waals surface area contributed by atoms with Gasteiger partial charge in [-0.15, -0.1) is 0 Å². The van der Waals surface area contributed by atoms with Crippen molar-refractivity contribution in [3.63, 3.8) is 0 Å². The van der Waals surface area contributed by atoms with Crippen molar-refractivity contribution in [2.24, 2.45) is 17.6 Å². The fourth-order valence-electron chi connectivity index (χ4n) is 3.72. The van der Waals surface area contributed by atoms with Gasteiger partial charge in [-0.25, -0.2) is 13.8 Å². The maximum Gasteiger partial charge on any atom is 0.242 e. The zero-order chi connectivity index (χ0) is 22.8. The first-order chi connectivity index (χ1) is 15.3. The first-order valence-corrected chi connectivity index (χ1v) is 10.4. The van der Waals surface area contributed by atoms with Crippen LogP contribution in [0, 0.1) is 11.8 Å². The molecule has 0 bridgehead atoms. The SMILES string of the molecule is C[C@H](Nc1ccc2c(c1)OCCn1cc(NC(=O)C[C@H](C(F)F)C3COC3)nc1-2)C(N)=O. The van der Waals surface area contributed by atoms with Gasteiger partial charge in [-0.2, -0.15) is 0 Å². The van der Waals surface area contributed by atoms with Crippen molar-refractivity contribution in [1.29, 1.82) is 0 Å². The lowest BCUT2D eigenvalue weighted by Crippen LogP contribution is -2.39. The molecule has 1 aromatic heterocycles. The average Bonchev–Trinajstić information content (AvgIpc) is 3.00. The third-order valence-corrected chi connectivity index (χ3v) is 5.68. The number of primary amides is 1. The zero-order valence-corrected chi connectivity index (χ0v) is 17.5. The molecule has 4 N–H and O–H groups in total. The summed E-state index contributed by atoms with van der Waals surface area (Å²) in [5.41, 5.74) is 6.67. The molecule has 0 spiro atoms. The van der Waals surface area contributed by atoms with Gasteiger partial charge in [0.1, 0.15) is 24.2 Å². The number of alkyl halides is 2. The van der Waals surface area contributed by atoms with Crippen molar-refractivity contribution >= 4 is 23.3 Å². The molecule has 0 radical (unpaired) electrons. The molecule has 1 fully saturated rings. The number of anilines is 2. The summed E-state index contributed by atoms with van der Waals surface area (Å²) in [5, 5.41) is 5.64. The van der Waals surface area contributed by atoms with E-state index in [1.807, 2.05) is 4.57 Å². The molecular weight excluding hydrogens is 424 g/mol. The minimum absolute atomic E-state index is 0.257. The number of rotatable bonds is 8. The first-order valence-electron chi connectivity index (χ1n) is 10.4. The van der Waals surface area contributed by atoms with Gasteiger partial charge in [-0.3, -0.25) is 9.59 Å². The van der Waals surface area contributed by atoms with Crippen LogP contribution in [0.4, 0.5) is 20.3 Å². The number of ether oxygens (including phenoxy) is 2. The van der Waals surface area contributed by atoms with Crippen LogP contribution in [-0.2, 0) is 20.9 Å². The molecule has 1 aromatic carbocycles. The number of nitrogens with zero attached hydrogens (tertiary/aromatic N) is 2. The summed E-state index contributed by atoms with van der Waals surface area (Å²) in [6.45, 7) is 3.03. The van der Waals surface area contributed by atoms with Crippen LogP contribution in [0.1, 0.15) is 13.3 Å². The predicted molar refractivity (Wildman–Crippen MR) is 112 cm³/mol. The highest BCUT2D eigenvalue weighted by Gasteiger charge is 2.36. The molecule has 2 amide bonds. The number of nitrogens with one attached hydrogen (secondary N) is 2. The van der Waals surface area contributed by atoms with Crippen LogP contribution in [0.3, 0.4) is 0 Å². The van der Waals surface area contributed by atoms with Crippen LogP contribution >= 0.6 is 0 Å². The van der Waals surface area contributed by atoms with Gasteiger partial charge in [0, 0.05) is 36.2 Å². The summed E-state index contributed by atoms with van der Waals surface area (Å²) >= 11 is 0. The smallest absolute Gasteiger partial charge is 0.242 e. The molecule has 172 valence electrons. The maximum atomic E-state index is 13.3. The highest BCUT2D eigenvalue weighted by molar-refractivity contribution is 5.90. The Bertz CT molecular complexity index is 1010. The largest absolute Gasteiger partial charge is 0.491 e. The average molecular weight is 449 g/mol. The lowest BCUT2D eigenvalue weighted by molar-refractivity contribution is -0.127. The van der Waals surface area contributed by atoms with Crippen LogP contribution in [-0.4, -0.2) is 53.7 Å². The van der Waals surface area contributed by atoms with Crippen molar-refractivity contribution in [3.05, 3.63) is 24.4 Å². The molecule has 2 atom stereocenters. The summed E-state index contributed by atoms with van der Waals surface area (Å²) < 4.78 is 39.3. The van der Waals surface area contributed by atoms with Crippen molar-refractivity contribution in [3.8, 4) is 17.1 Å². The number of carbonyl (C=O) groups excluding carboxylic acids is 2. The van der Waals surface area contributed by atoms with Gasteiger partial charge < -0.3 is 30.4 Å². The second-order valence-corrected chi connectivity index (χ2v) is 8.02. The Morgan fingerprint density at radius 3 is 2.78 bits per heavy atom. The number of amides is 2. The maximum absolute atomic E-state index is 13.3. The topological polar surface area (TPSA) is 120 Å². The van der Waals surface area contributed by atoms with E-state index >= 15 is 0 Å². The van der Waals surface area contributed by atoms with Crippen molar-refractivity contribution in [2.45, 2.75) is 32.4 Å². The van der Waals surface area contributed by atoms with Crippen LogP contribution < -0.4 is 21.1 Å². The third-order valence-electron chi connectivity index (χ3n) is 5.68. The molecule has 32 heavy (non-hydrogen) atoms. The molecular formula is C21H25F2N5O4. The van der Waals surface area contributed by atoms with Crippen molar-refractivity contribution < 1.29 is 27.8 Å². The van der Waals surface area contributed by atoms with Crippen molar-refractivity contribution in [1.82, 2.24) is 9.55 Å². The number of imidazole rings is 1. The first kappa shape index (κ1) is 22.0. The second kappa shape index (κ2) is 9.11. The standard InChI is InChI=1S/C21H25F2N5O4/c1-11(20(24)30)25-13-2-3-14-16(6-13)32-5-4-28-8-17(27-21(14)28)26-18(29)7-15(19(22)23)12-9-31-10-12/h2-3,6,8,11-12,15,19,25H,4-5,7,9-10H2,1H3,(H2,24,30)(H,26,29)/t11-,15-/m0/s1. The zero-order valence-electron chi connectivity index (χ0n) is 17.5. The number of carbonyl (C=O) groups is 2. The molecule has 9 nitrogen and oxygen atoms in total. The van der Waals surface area contributed by atoms with E-state index in [9.17, 15) is 18.4 Å². The monoisotopic (exact) mass is 449 g/mol. The number of nitrogens with two attached hydrogens (primary N) is 1. The second-order valence-electron chi connectivity index (χ2n) is 8.02. The normalized spacial score (nSPS) is 17.2. The molecule has 11 heteroatoms. The molecule has 0 aliphatic carbocycles. The highest BCUT2D eigenvalue weighted by atomic mass is 19.3. The lowest BCUT2D eigenvalue weighted by atomic mass is 9.88. The van der Waals surface area contributed by atoms with Gasteiger partial charge in [-0.05, 0) is 19.1 Å². The Kier molecular flexibility index (Phi) is 6.26. The van der Waals surface area contributed by atoms with E-state index in [1.54, 1.807) is 31.3 Å². The van der Waals surface area contributed by atoms with E-state index in [0.717, 1.165) is 0 Å². The molecule has 0 saturated carbocycles. The third kappa shape index (κ3) is 4.67. The summed E-state index contributed by atoms with van der Waals surface area (Å²) in [6.07, 6.45) is -1.21. The van der Waals surface area contributed by atoms with E-state index in [1.165, 1.54) is 0 Å². The molecule has 4 rings (SSSR count). The van der Waals surface area contributed by atoms with Crippen LogP contribution in [0.25, 0.3) is 11.4 Å². The Morgan fingerprint density at radius 1 is 1.34 bits per heavy atom. The Balaban J connectivity index is 1.49. The summed E-state index contributed by atoms with van der Waals surface area (Å²) in [7, 11) is 0. The van der Waals surface area contributed by atoms with Crippen molar-refractivity contribution in [2.75, 3.05) is 30.5 Å². The Hall–Kier alpha value is -3.21. The van der Waals surface area contributed by atoms with E-state index in [2.05, 4.69) is 15.6 Å². The number of hydrogen-bond donors (Lipinski definition) is 3. The van der Waals surface area contributed by atoms with Gasteiger partial charge >= 0.3 is 0 Å². The highest BCUT2D eigenvalue weighted by Crippen LogP contribution is 2.35. The van der Waals surface area contributed by atoms with Gasteiger partial charge in [-0.1, -0.05) is 0 Å². The molecule has 1 saturated heterocycles. The van der Waals surface area contributed by atoms with Crippen LogP contribution in [0.2, 0.25) is 0 Å². The lowest BCUT2D eigenvalue weighted by Gasteiger charge is -2.32. The molecule has 2 aromatic rings. The number of halogens is 2. The summed E-state index contributed by atoms with van der Waals surface area (Å²) in [6, 6.07) is 4.78. The van der Waals surface area contributed by atoms with Gasteiger partial charge in [0.25, 0.3) is 0 Å². The number of aromatic nitrogens is 2. The van der Waals surface area contributed by atoms with Crippen LogP contribution in [0.5, 0.6) is 5.75 Å². The molecule has 3 heterocycles. The van der Waals surface area contributed by atoms with Gasteiger partial charge in [0.2, 0.25) is 18.2 Å². The molecule has 2 aliphatic heterocycles. The quantitative estimate of drug-likeness (QED) is 0.568. The molecule has 0 unspecified atom stereocenters. The summed E-state index contributed by atoms with van der Waals surface area (Å²) in [5.74, 6) is -0.879. The van der Waals surface area contributed by atoms with Crippen LogP contribution in [0.15, 0.2) is 24.4 Å².